The first-order chi connectivity index (χ1) is 15.2. The van der Waals surface area contributed by atoms with Crippen molar-refractivity contribution in [2.45, 2.75) is 32.1 Å². The molecule has 31 heavy (non-hydrogen) atoms. The van der Waals surface area contributed by atoms with Gasteiger partial charge in [-0.2, -0.15) is 5.26 Å². The lowest BCUT2D eigenvalue weighted by Gasteiger charge is -2.40. The maximum absolute atomic E-state index is 10.0. The third-order valence-corrected chi connectivity index (χ3v) is 7.22. The number of hydrogen-bond acceptors (Lipinski definition) is 5. The first kappa shape index (κ1) is 20.2. The van der Waals surface area contributed by atoms with Crippen LogP contribution >= 0.6 is 0 Å². The number of rotatable bonds is 5. The standard InChI is InChI=1S/C26H30N2O3/c27-16-23-22(21-4-5-25-26(15-21)31-11-10-30-25)2-1-3-24(23)28-8-6-18(7-9-28)12-19-13-20(14-19)17-29/h1-5,15,18-20,29H,6-14,17H2. The van der Waals surface area contributed by atoms with Crippen LogP contribution in [0.15, 0.2) is 36.4 Å². The molecule has 0 unspecified atom stereocenters. The summed E-state index contributed by atoms with van der Waals surface area (Å²) in [6.07, 6.45) is 6.06. The minimum atomic E-state index is 0.353. The van der Waals surface area contributed by atoms with Crippen molar-refractivity contribution in [1.82, 2.24) is 0 Å². The van der Waals surface area contributed by atoms with Crippen LogP contribution in [0, 0.1) is 29.1 Å². The Bertz CT molecular complexity index is 969. The molecule has 3 aliphatic rings. The number of ether oxygens (including phenoxy) is 2. The van der Waals surface area contributed by atoms with Crippen molar-refractivity contribution in [1.29, 1.82) is 5.26 Å². The second-order valence-corrected chi connectivity index (χ2v) is 9.22. The van der Waals surface area contributed by atoms with Crippen molar-refractivity contribution >= 4 is 5.69 Å². The largest absolute Gasteiger partial charge is 0.486 e. The van der Waals surface area contributed by atoms with Crippen LogP contribution in [0.3, 0.4) is 0 Å². The fourth-order valence-corrected chi connectivity index (χ4v) is 5.47. The van der Waals surface area contributed by atoms with E-state index >= 15 is 0 Å². The first-order valence-corrected chi connectivity index (χ1v) is 11.5. The quantitative estimate of drug-likeness (QED) is 0.767. The van der Waals surface area contributed by atoms with Gasteiger partial charge in [0.05, 0.1) is 11.3 Å². The molecular weight excluding hydrogens is 388 g/mol. The van der Waals surface area contributed by atoms with Crippen LogP contribution in [0.1, 0.15) is 37.7 Å². The lowest BCUT2D eigenvalue weighted by Crippen LogP contribution is -2.36. The maximum Gasteiger partial charge on any atom is 0.161 e. The van der Waals surface area contributed by atoms with E-state index in [4.69, 9.17) is 9.47 Å². The van der Waals surface area contributed by atoms with Gasteiger partial charge in [0.1, 0.15) is 19.3 Å². The zero-order chi connectivity index (χ0) is 21.2. The highest BCUT2D eigenvalue weighted by Gasteiger charge is 2.32. The second-order valence-electron chi connectivity index (χ2n) is 9.22. The predicted octanol–water partition coefficient (Wildman–Crippen LogP) is 4.62. The summed E-state index contributed by atoms with van der Waals surface area (Å²) in [5.74, 6) is 3.64. The van der Waals surface area contributed by atoms with Crippen LogP contribution in [0.2, 0.25) is 0 Å². The van der Waals surface area contributed by atoms with Gasteiger partial charge < -0.3 is 19.5 Å². The van der Waals surface area contributed by atoms with E-state index in [2.05, 4.69) is 23.1 Å². The zero-order valence-corrected chi connectivity index (χ0v) is 17.9. The molecule has 0 amide bonds. The van der Waals surface area contributed by atoms with Crippen molar-refractivity contribution in [3.05, 3.63) is 42.0 Å². The molecule has 1 saturated carbocycles. The summed E-state index contributed by atoms with van der Waals surface area (Å²) >= 11 is 0. The number of aliphatic hydroxyl groups excluding tert-OH is 1. The van der Waals surface area contributed by atoms with Gasteiger partial charge in [0, 0.05) is 25.3 Å². The SMILES string of the molecule is N#Cc1c(-c2ccc3c(c2)OCCO3)cccc1N1CCC(CC2CC(CO)C2)CC1. The van der Waals surface area contributed by atoms with Crippen molar-refractivity contribution in [3.63, 3.8) is 0 Å². The zero-order valence-electron chi connectivity index (χ0n) is 17.9. The van der Waals surface area contributed by atoms with E-state index in [9.17, 15) is 10.4 Å². The highest BCUT2D eigenvalue weighted by Crippen LogP contribution is 2.41. The maximum atomic E-state index is 10.0. The monoisotopic (exact) mass is 418 g/mol. The Morgan fingerprint density at radius 1 is 0.968 bits per heavy atom. The topological polar surface area (TPSA) is 65.7 Å². The molecule has 0 bridgehead atoms. The van der Waals surface area contributed by atoms with Crippen LogP contribution in [-0.4, -0.2) is 38.0 Å². The molecule has 0 radical (unpaired) electrons. The average molecular weight is 419 g/mol. The number of aliphatic hydroxyl groups is 1. The smallest absolute Gasteiger partial charge is 0.161 e. The number of benzene rings is 2. The van der Waals surface area contributed by atoms with Crippen molar-refractivity contribution in [2.75, 3.05) is 37.8 Å². The summed E-state index contributed by atoms with van der Waals surface area (Å²) in [5, 5.41) is 19.3. The molecule has 0 aromatic heterocycles. The van der Waals surface area contributed by atoms with Crippen molar-refractivity contribution < 1.29 is 14.6 Å². The van der Waals surface area contributed by atoms with Gasteiger partial charge in [-0.05, 0) is 73.6 Å². The van der Waals surface area contributed by atoms with E-state index in [1.165, 1.54) is 32.1 Å². The highest BCUT2D eigenvalue weighted by molar-refractivity contribution is 5.79. The van der Waals surface area contributed by atoms with Crippen LogP contribution < -0.4 is 14.4 Å². The first-order valence-electron chi connectivity index (χ1n) is 11.5. The van der Waals surface area contributed by atoms with Gasteiger partial charge >= 0.3 is 0 Å². The molecule has 1 aliphatic carbocycles. The molecule has 2 aromatic carbocycles. The third-order valence-electron chi connectivity index (χ3n) is 7.22. The lowest BCUT2D eigenvalue weighted by atomic mass is 9.70. The average Bonchev–Trinajstić information content (AvgIpc) is 2.80. The Balaban J connectivity index is 1.30. The fraction of sp³-hybridized carbons (Fsp3) is 0.500. The molecule has 5 heteroatoms. The van der Waals surface area contributed by atoms with Crippen LogP contribution in [0.25, 0.3) is 11.1 Å². The number of hydrogen-bond donors (Lipinski definition) is 1. The number of nitrogens with zero attached hydrogens (tertiary/aromatic N) is 2. The normalized spacial score (nSPS) is 23.2. The molecule has 1 N–H and O–H groups in total. The molecule has 2 aliphatic heterocycles. The van der Waals surface area contributed by atoms with Crippen molar-refractivity contribution in [2.24, 2.45) is 17.8 Å². The molecule has 0 spiro atoms. The predicted molar refractivity (Wildman–Crippen MR) is 120 cm³/mol. The summed E-state index contributed by atoms with van der Waals surface area (Å²) in [6, 6.07) is 14.6. The summed E-state index contributed by atoms with van der Waals surface area (Å²) in [6.45, 7) is 3.48. The number of anilines is 1. The van der Waals surface area contributed by atoms with Crippen LogP contribution in [-0.2, 0) is 0 Å². The van der Waals surface area contributed by atoms with Crippen LogP contribution in [0.4, 0.5) is 5.69 Å². The molecule has 2 fully saturated rings. The summed E-state index contributed by atoms with van der Waals surface area (Å²) in [7, 11) is 0. The van der Waals surface area contributed by atoms with E-state index in [1.807, 2.05) is 24.3 Å². The Morgan fingerprint density at radius 3 is 2.48 bits per heavy atom. The van der Waals surface area contributed by atoms with E-state index in [0.717, 1.165) is 58.8 Å². The Morgan fingerprint density at radius 2 is 1.74 bits per heavy atom. The molecule has 0 atom stereocenters. The van der Waals surface area contributed by atoms with E-state index < -0.39 is 0 Å². The lowest BCUT2D eigenvalue weighted by molar-refractivity contribution is 0.0877. The van der Waals surface area contributed by atoms with Gasteiger partial charge in [-0.1, -0.05) is 18.2 Å². The summed E-state index contributed by atoms with van der Waals surface area (Å²) in [4.78, 5) is 2.38. The van der Waals surface area contributed by atoms with Gasteiger partial charge in [0.15, 0.2) is 11.5 Å². The van der Waals surface area contributed by atoms with Crippen molar-refractivity contribution in [3.8, 4) is 28.7 Å². The van der Waals surface area contributed by atoms with Gasteiger partial charge in [0.25, 0.3) is 0 Å². The number of nitriles is 1. The second kappa shape index (κ2) is 8.80. The minimum Gasteiger partial charge on any atom is -0.486 e. The van der Waals surface area contributed by atoms with Gasteiger partial charge in [-0.15, -0.1) is 0 Å². The van der Waals surface area contributed by atoms with Gasteiger partial charge in [0.2, 0.25) is 0 Å². The summed E-state index contributed by atoms with van der Waals surface area (Å²) in [5.41, 5.74) is 3.71. The Labute approximate surface area is 184 Å². The van der Waals surface area contributed by atoms with E-state index in [0.29, 0.717) is 25.7 Å². The van der Waals surface area contributed by atoms with Gasteiger partial charge in [-0.3, -0.25) is 0 Å². The van der Waals surface area contributed by atoms with E-state index in [-0.39, 0.29) is 0 Å². The molecular formula is C26H30N2O3. The molecule has 2 aromatic rings. The number of fused-ring (bicyclic) bond motifs is 1. The molecule has 162 valence electrons. The number of piperidine rings is 1. The summed E-state index contributed by atoms with van der Waals surface area (Å²) < 4.78 is 11.4. The Hall–Kier alpha value is -2.71. The van der Waals surface area contributed by atoms with E-state index in [1.54, 1.807) is 0 Å². The Kier molecular flexibility index (Phi) is 5.74. The third kappa shape index (κ3) is 4.09. The van der Waals surface area contributed by atoms with Gasteiger partial charge in [-0.25, -0.2) is 0 Å². The molecule has 5 rings (SSSR count). The van der Waals surface area contributed by atoms with Crippen LogP contribution in [0.5, 0.6) is 11.5 Å². The molecule has 2 heterocycles. The molecule has 5 nitrogen and oxygen atoms in total. The molecule has 1 saturated heterocycles. The fourth-order valence-electron chi connectivity index (χ4n) is 5.47. The minimum absolute atomic E-state index is 0.353. The highest BCUT2D eigenvalue weighted by atomic mass is 16.6.